The number of nitrogens with zero attached hydrogens (tertiary/aromatic N) is 2. The molecule has 2 aromatic rings. The number of nitro benzene ring substituents is 1. The lowest BCUT2D eigenvalue weighted by Gasteiger charge is -2.07. The summed E-state index contributed by atoms with van der Waals surface area (Å²) in [6.45, 7) is 0. The fourth-order valence-corrected chi connectivity index (χ4v) is 1.67. The Morgan fingerprint density at radius 3 is 2.81 bits per heavy atom. The van der Waals surface area contributed by atoms with E-state index < -0.39 is 28.1 Å². The summed E-state index contributed by atoms with van der Waals surface area (Å²) >= 11 is 5.63. The summed E-state index contributed by atoms with van der Waals surface area (Å²) < 4.78 is 18.6. The Bertz CT molecular complexity index is 738. The molecule has 21 heavy (non-hydrogen) atoms. The number of hydrogen-bond donors (Lipinski definition) is 1. The predicted molar refractivity (Wildman–Crippen MR) is 69.3 cm³/mol. The minimum absolute atomic E-state index is 0.141. The van der Waals surface area contributed by atoms with Crippen molar-refractivity contribution in [1.82, 2.24) is 4.98 Å². The van der Waals surface area contributed by atoms with Crippen LogP contribution in [0, 0.1) is 15.9 Å². The van der Waals surface area contributed by atoms with Crippen molar-refractivity contribution in [2.24, 2.45) is 0 Å². The standard InChI is InChI=1S/C12H6ClFN2O5/c13-7-5-15-10(4-6(7)12(17)18)21-11-8(14)2-1-3-9(11)16(19)20/h1-5H,(H,17,18). The number of halogens is 2. The third kappa shape index (κ3) is 3.06. The van der Waals surface area contributed by atoms with E-state index in [9.17, 15) is 19.3 Å². The number of nitro groups is 1. The first-order valence-electron chi connectivity index (χ1n) is 5.39. The number of aromatic nitrogens is 1. The molecule has 1 N–H and O–H groups in total. The van der Waals surface area contributed by atoms with Crippen LogP contribution in [0.15, 0.2) is 30.5 Å². The summed E-state index contributed by atoms with van der Waals surface area (Å²) in [5, 5.41) is 19.6. The highest BCUT2D eigenvalue weighted by Crippen LogP contribution is 2.33. The first kappa shape index (κ1) is 14.7. The predicted octanol–water partition coefficient (Wildman–Crippen LogP) is 3.27. The molecule has 0 aliphatic rings. The smallest absolute Gasteiger partial charge is 0.337 e. The second-order valence-corrected chi connectivity index (χ2v) is 4.16. The van der Waals surface area contributed by atoms with Crippen LogP contribution in [-0.2, 0) is 0 Å². The van der Waals surface area contributed by atoms with Crippen LogP contribution in [0.3, 0.4) is 0 Å². The van der Waals surface area contributed by atoms with Crippen molar-refractivity contribution >= 4 is 23.3 Å². The number of carbonyl (C=O) groups is 1. The second-order valence-electron chi connectivity index (χ2n) is 3.75. The largest absolute Gasteiger partial charge is 0.478 e. The molecule has 0 fully saturated rings. The van der Waals surface area contributed by atoms with Gasteiger partial charge >= 0.3 is 11.7 Å². The monoisotopic (exact) mass is 312 g/mol. The molecule has 2 rings (SSSR count). The van der Waals surface area contributed by atoms with E-state index in [0.717, 1.165) is 30.5 Å². The normalized spacial score (nSPS) is 10.2. The van der Waals surface area contributed by atoms with E-state index in [1.54, 1.807) is 0 Å². The number of aromatic carboxylic acids is 1. The molecule has 0 saturated carbocycles. The van der Waals surface area contributed by atoms with Crippen molar-refractivity contribution in [1.29, 1.82) is 0 Å². The van der Waals surface area contributed by atoms with Crippen molar-refractivity contribution in [3.05, 3.63) is 57.0 Å². The lowest BCUT2D eigenvalue weighted by molar-refractivity contribution is -0.385. The van der Waals surface area contributed by atoms with Crippen molar-refractivity contribution in [2.75, 3.05) is 0 Å². The molecular formula is C12H6ClFN2O5. The van der Waals surface area contributed by atoms with E-state index in [-0.39, 0.29) is 16.5 Å². The molecular weight excluding hydrogens is 307 g/mol. The molecule has 0 radical (unpaired) electrons. The van der Waals surface area contributed by atoms with E-state index in [0.29, 0.717) is 0 Å². The quantitative estimate of drug-likeness (QED) is 0.686. The van der Waals surface area contributed by atoms with Crippen molar-refractivity contribution in [3.63, 3.8) is 0 Å². The van der Waals surface area contributed by atoms with Crippen LogP contribution in [0.25, 0.3) is 0 Å². The number of para-hydroxylation sites is 1. The Balaban J connectivity index is 2.46. The minimum atomic E-state index is -1.34. The Kier molecular flexibility index (Phi) is 3.99. The van der Waals surface area contributed by atoms with Gasteiger partial charge in [0.1, 0.15) is 0 Å². The maximum Gasteiger partial charge on any atom is 0.337 e. The maximum atomic E-state index is 13.6. The zero-order valence-corrected chi connectivity index (χ0v) is 10.9. The lowest BCUT2D eigenvalue weighted by Crippen LogP contribution is -2.01. The van der Waals surface area contributed by atoms with Gasteiger partial charge in [0.25, 0.3) is 0 Å². The van der Waals surface area contributed by atoms with Crippen LogP contribution >= 0.6 is 11.6 Å². The molecule has 0 bridgehead atoms. The minimum Gasteiger partial charge on any atom is -0.478 e. The zero-order chi connectivity index (χ0) is 15.6. The highest BCUT2D eigenvalue weighted by Gasteiger charge is 2.21. The molecule has 1 aromatic carbocycles. The number of rotatable bonds is 4. The number of pyridine rings is 1. The summed E-state index contributed by atoms with van der Waals surface area (Å²) in [6.07, 6.45) is 0.993. The number of hydrogen-bond acceptors (Lipinski definition) is 5. The first-order chi connectivity index (χ1) is 9.90. The van der Waals surface area contributed by atoms with E-state index >= 15 is 0 Å². The highest BCUT2D eigenvalue weighted by molar-refractivity contribution is 6.33. The summed E-state index contributed by atoms with van der Waals surface area (Å²) in [4.78, 5) is 24.6. The molecule has 108 valence electrons. The zero-order valence-electron chi connectivity index (χ0n) is 10.1. The topological polar surface area (TPSA) is 103 Å². The van der Waals surface area contributed by atoms with Gasteiger partial charge in [-0.25, -0.2) is 14.2 Å². The Morgan fingerprint density at radius 2 is 2.19 bits per heavy atom. The summed E-state index contributed by atoms with van der Waals surface area (Å²) in [5.41, 5.74) is -0.927. The van der Waals surface area contributed by atoms with Gasteiger partial charge in [0, 0.05) is 12.1 Å². The van der Waals surface area contributed by atoms with Crippen molar-refractivity contribution < 1.29 is 24.0 Å². The summed E-state index contributed by atoms with van der Waals surface area (Å²) in [7, 11) is 0. The molecule has 0 unspecified atom stereocenters. The van der Waals surface area contributed by atoms with Gasteiger partial charge in [-0.1, -0.05) is 17.7 Å². The molecule has 0 amide bonds. The van der Waals surface area contributed by atoms with Gasteiger partial charge in [-0.05, 0) is 6.07 Å². The first-order valence-corrected chi connectivity index (χ1v) is 5.77. The molecule has 0 spiro atoms. The van der Waals surface area contributed by atoms with Gasteiger partial charge in [-0.2, -0.15) is 0 Å². The van der Waals surface area contributed by atoms with Gasteiger partial charge in [0.05, 0.1) is 21.7 Å². The van der Waals surface area contributed by atoms with Crippen LogP contribution in [-0.4, -0.2) is 21.0 Å². The van der Waals surface area contributed by atoms with Crippen LogP contribution in [0.4, 0.5) is 10.1 Å². The van der Waals surface area contributed by atoms with Gasteiger partial charge in [0.15, 0.2) is 5.82 Å². The molecule has 0 aliphatic carbocycles. The Morgan fingerprint density at radius 1 is 1.48 bits per heavy atom. The lowest BCUT2D eigenvalue weighted by atomic mass is 10.2. The third-order valence-electron chi connectivity index (χ3n) is 2.41. The Hall–Kier alpha value is -2.74. The average molecular weight is 313 g/mol. The van der Waals surface area contributed by atoms with Crippen LogP contribution in [0.5, 0.6) is 11.6 Å². The molecule has 0 atom stereocenters. The molecule has 0 aliphatic heterocycles. The number of ether oxygens (including phenoxy) is 1. The number of carboxylic acid groups (broad SMARTS) is 1. The van der Waals surface area contributed by atoms with E-state index in [1.165, 1.54) is 0 Å². The molecule has 1 heterocycles. The fraction of sp³-hybridized carbons (Fsp3) is 0. The van der Waals surface area contributed by atoms with Crippen LogP contribution < -0.4 is 4.74 Å². The molecule has 0 saturated heterocycles. The van der Waals surface area contributed by atoms with Gasteiger partial charge in [-0.3, -0.25) is 10.1 Å². The maximum absolute atomic E-state index is 13.6. The van der Waals surface area contributed by atoms with Gasteiger partial charge in [0.2, 0.25) is 11.6 Å². The van der Waals surface area contributed by atoms with Crippen molar-refractivity contribution in [2.45, 2.75) is 0 Å². The SMILES string of the molecule is O=C(O)c1cc(Oc2c(F)cccc2[N+](=O)[O-])ncc1Cl. The average Bonchev–Trinajstić information content (AvgIpc) is 2.42. The van der Waals surface area contributed by atoms with E-state index in [2.05, 4.69) is 4.98 Å². The Labute approximate surface area is 121 Å². The van der Waals surface area contributed by atoms with E-state index in [4.69, 9.17) is 21.4 Å². The molecule has 7 nitrogen and oxygen atoms in total. The number of benzene rings is 1. The second kappa shape index (κ2) is 5.71. The highest BCUT2D eigenvalue weighted by atomic mass is 35.5. The van der Waals surface area contributed by atoms with Gasteiger partial charge < -0.3 is 9.84 Å². The van der Waals surface area contributed by atoms with Crippen molar-refractivity contribution in [3.8, 4) is 11.6 Å². The third-order valence-corrected chi connectivity index (χ3v) is 2.71. The summed E-state index contributed by atoms with van der Waals surface area (Å²) in [6, 6.07) is 4.11. The van der Waals surface area contributed by atoms with Crippen LogP contribution in [0.1, 0.15) is 10.4 Å². The molecule has 1 aromatic heterocycles. The molecule has 9 heteroatoms. The number of carboxylic acids is 1. The summed E-state index contributed by atoms with van der Waals surface area (Å²) in [5.74, 6) is -3.30. The van der Waals surface area contributed by atoms with Gasteiger partial charge in [-0.15, -0.1) is 0 Å². The van der Waals surface area contributed by atoms with Crippen LogP contribution in [0.2, 0.25) is 5.02 Å². The fourth-order valence-electron chi connectivity index (χ4n) is 1.49. The van der Waals surface area contributed by atoms with E-state index in [1.807, 2.05) is 0 Å².